The summed E-state index contributed by atoms with van der Waals surface area (Å²) < 4.78 is 0. The smallest absolute Gasteiger partial charge is 0.241 e. The zero-order chi connectivity index (χ0) is 9.30. The first-order chi connectivity index (χ1) is 5.54. The van der Waals surface area contributed by atoms with E-state index >= 15 is 0 Å². The quantitative estimate of drug-likeness (QED) is 0.608. The highest BCUT2D eigenvalue weighted by molar-refractivity contribution is 6.30. The van der Waals surface area contributed by atoms with Gasteiger partial charge in [0.1, 0.15) is 11.4 Å². The Labute approximate surface area is 75.6 Å². The van der Waals surface area contributed by atoms with Crippen LogP contribution in [0, 0.1) is 0 Å². The van der Waals surface area contributed by atoms with Crippen LogP contribution in [-0.2, 0) is 9.59 Å². The van der Waals surface area contributed by atoms with Gasteiger partial charge < -0.3 is 10.6 Å². The topological polar surface area (TPSA) is 63.4 Å². The first-order valence-corrected chi connectivity index (χ1v) is 4.21. The molecule has 2 amide bonds. The summed E-state index contributed by atoms with van der Waals surface area (Å²) in [5.74, 6) is -0.668. The monoisotopic (exact) mass is 190 g/mol. The maximum atomic E-state index is 11.2. The number of primary amides is 1. The molecule has 0 saturated carbocycles. The molecule has 4 nitrogen and oxygen atoms in total. The van der Waals surface area contributed by atoms with Gasteiger partial charge in [-0.3, -0.25) is 9.59 Å². The highest BCUT2D eigenvalue weighted by Crippen LogP contribution is 2.19. The first-order valence-electron chi connectivity index (χ1n) is 3.78. The lowest BCUT2D eigenvalue weighted by Gasteiger charge is -2.39. The van der Waals surface area contributed by atoms with Crippen LogP contribution in [0.5, 0.6) is 0 Å². The standard InChI is InChI=1S/C7H11ClN2O2/c1-4(8)7(12)10-3-2-5(10)6(9)11/h4-5H,2-3H2,1H3,(H2,9,11)/t4-,5?/m0/s1. The lowest BCUT2D eigenvalue weighted by molar-refractivity contribution is -0.145. The van der Waals surface area contributed by atoms with E-state index in [9.17, 15) is 9.59 Å². The van der Waals surface area contributed by atoms with Gasteiger partial charge in [-0.15, -0.1) is 11.6 Å². The third-order valence-electron chi connectivity index (χ3n) is 1.97. The summed E-state index contributed by atoms with van der Waals surface area (Å²) >= 11 is 5.56. The van der Waals surface area contributed by atoms with E-state index in [0.717, 1.165) is 0 Å². The van der Waals surface area contributed by atoms with E-state index in [0.29, 0.717) is 13.0 Å². The molecule has 1 unspecified atom stereocenters. The minimum Gasteiger partial charge on any atom is -0.368 e. The molecule has 0 bridgehead atoms. The molecule has 0 aromatic rings. The van der Waals surface area contributed by atoms with Gasteiger partial charge in [-0.1, -0.05) is 0 Å². The number of halogens is 1. The Balaban J connectivity index is 2.55. The second kappa shape index (κ2) is 3.31. The van der Waals surface area contributed by atoms with Crippen molar-refractivity contribution in [3.8, 4) is 0 Å². The van der Waals surface area contributed by atoms with Gasteiger partial charge in [0, 0.05) is 6.54 Å². The molecule has 12 heavy (non-hydrogen) atoms. The Morgan fingerprint density at radius 2 is 2.25 bits per heavy atom. The predicted octanol–water partition coefficient (Wildman–Crippen LogP) is -0.300. The van der Waals surface area contributed by atoms with Crippen LogP contribution < -0.4 is 5.73 Å². The number of likely N-dealkylation sites (tertiary alicyclic amines) is 1. The molecule has 68 valence electrons. The second-order valence-electron chi connectivity index (χ2n) is 2.85. The van der Waals surface area contributed by atoms with E-state index in [-0.39, 0.29) is 5.91 Å². The number of hydrogen-bond acceptors (Lipinski definition) is 2. The number of alkyl halides is 1. The van der Waals surface area contributed by atoms with Crippen molar-refractivity contribution in [3.63, 3.8) is 0 Å². The summed E-state index contributed by atoms with van der Waals surface area (Å²) in [4.78, 5) is 23.3. The Bertz CT molecular complexity index is 217. The summed E-state index contributed by atoms with van der Waals surface area (Å²) in [6.45, 7) is 2.17. The van der Waals surface area contributed by atoms with Gasteiger partial charge in [-0.2, -0.15) is 0 Å². The molecule has 1 rings (SSSR count). The van der Waals surface area contributed by atoms with Gasteiger partial charge in [-0.25, -0.2) is 0 Å². The van der Waals surface area contributed by atoms with Crippen LogP contribution in [0.3, 0.4) is 0 Å². The van der Waals surface area contributed by atoms with Gasteiger partial charge in [-0.05, 0) is 13.3 Å². The van der Waals surface area contributed by atoms with Gasteiger partial charge in [0.15, 0.2) is 0 Å². The van der Waals surface area contributed by atoms with Crippen LogP contribution in [0.2, 0.25) is 0 Å². The molecule has 2 atom stereocenters. The van der Waals surface area contributed by atoms with E-state index < -0.39 is 17.3 Å². The van der Waals surface area contributed by atoms with E-state index in [1.54, 1.807) is 6.92 Å². The molecule has 1 aliphatic heterocycles. The largest absolute Gasteiger partial charge is 0.368 e. The fourth-order valence-electron chi connectivity index (χ4n) is 1.18. The summed E-state index contributed by atoms with van der Waals surface area (Å²) in [7, 11) is 0. The molecule has 5 heteroatoms. The Morgan fingerprint density at radius 3 is 2.50 bits per heavy atom. The average molecular weight is 191 g/mol. The fourth-order valence-corrected chi connectivity index (χ4v) is 1.30. The molecule has 0 aromatic heterocycles. The van der Waals surface area contributed by atoms with E-state index in [2.05, 4.69) is 0 Å². The second-order valence-corrected chi connectivity index (χ2v) is 3.51. The molecular weight excluding hydrogens is 180 g/mol. The summed E-state index contributed by atoms with van der Waals surface area (Å²) in [5.41, 5.74) is 5.05. The van der Waals surface area contributed by atoms with Crippen LogP contribution in [0.25, 0.3) is 0 Å². The van der Waals surface area contributed by atoms with Crippen LogP contribution >= 0.6 is 11.6 Å². The molecule has 1 heterocycles. The number of nitrogens with two attached hydrogens (primary N) is 1. The van der Waals surface area contributed by atoms with E-state index in [4.69, 9.17) is 17.3 Å². The van der Waals surface area contributed by atoms with Crippen molar-refractivity contribution in [1.29, 1.82) is 0 Å². The molecule has 0 radical (unpaired) electrons. The lowest BCUT2D eigenvalue weighted by Crippen LogP contribution is -2.58. The highest BCUT2D eigenvalue weighted by atomic mass is 35.5. The van der Waals surface area contributed by atoms with Gasteiger partial charge in [0.2, 0.25) is 11.8 Å². The zero-order valence-electron chi connectivity index (χ0n) is 6.79. The van der Waals surface area contributed by atoms with Crippen molar-refractivity contribution >= 4 is 23.4 Å². The van der Waals surface area contributed by atoms with Crippen molar-refractivity contribution in [3.05, 3.63) is 0 Å². The van der Waals surface area contributed by atoms with E-state index in [1.165, 1.54) is 4.90 Å². The Kier molecular flexibility index (Phi) is 2.57. The fraction of sp³-hybridized carbons (Fsp3) is 0.714. The van der Waals surface area contributed by atoms with Crippen LogP contribution in [0.15, 0.2) is 0 Å². The van der Waals surface area contributed by atoms with Crippen LogP contribution in [0.4, 0.5) is 0 Å². The molecule has 0 aliphatic carbocycles. The minimum absolute atomic E-state index is 0.216. The molecule has 0 spiro atoms. The summed E-state index contributed by atoms with van der Waals surface area (Å²) in [6.07, 6.45) is 0.657. The third kappa shape index (κ3) is 1.53. The number of nitrogens with zero attached hydrogens (tertiary/aromatic N) is 1. The average Bonchev–Trinajstić information content (AvgIpc) is 1.82. The van der Waals surface area contributed by atoms with Crippen LogP contribution in [-0.4, -0.2) is 34.7 Å². The first kappa shape index (κ1) is 9.32. The van der Waals surface area contributed by atoms with Gasteiger partial charge in [0.25, 0.3) is 0 Å². The molecular formula is C7H11ClN2O2. The summed E-state index contributed by atoms with van der Waals surface area (Å²) in [6, 6.07) is -0.432. The molecule has 2 N–H and O–H groups in total. The predicted molar refractivity (Wildman–Crippen MR) is 44.6 cm³/mol. The van der Waals surface area contributed by atoms with Gasteiger partial charge in [0.05, 0.1) is 0 Å². The van der Waals surface area contributed by atoms with E-state index in [1.807, 2.05) is 0 Å². The molecule has 1 saturated heterocycles. The number of carbonyl (C=O) groups is 2. The van der Waals surface area contributed by atoms with Crippen molar-refractivity contribution in [1.82, 2.24) is 4.90 Å². The molecule has 1 aliphatic rings. The Morgan fingerprint density at radius 1 is 1.67 bits per heavy atom. The SMILES string of the molecule is C[C@H](Cl)C(=O)N1CCC1C(N)=O. The number of rotatable bonds is 2. The number of amides is 2. The normalized spacial score (nSPS) is 24.5. The zero-order valence-corrected chi connectivity index (χ0v) is 7.54. The van der Waals surface area contributed by atoms with Crippen molar-refractivity contribution < 1.29 is 9.59 Å². The minimum atomic E-state index is -0.577. The summed E-state index contributed by atoms with van der Waals surface area (Å²) in [5, 5.41) is -0.577. The highest BCUT2D eigenvalue weighted by Gasteiger charge is 2.37. The maximum absolute atomic E-state index is 11.2. The third-order valence-corrected chi connectivity index (χ3v) is 2.16. The molecule has 0 aromatic carbocycles. The van der Waals surface area contributed by atoms with Gasteiger partial charge >= 0.3 is 0 Å². The van der Waals surface area contributed by atoms with Crippen molar-refractivity contribution in [2.45, 2.75) is 24.8 Å². The van der Waals surface area contributed by atoms with Crippen LogP contribution in [0.1, 0.15) is 13.3 Å². The molecule has 1 fully saturated rings. The number of hydrogen-bond donors (Lipinski definition) is 1. The Hall–Kier alpha value is -0.770. The van der Waals surface area contributed by atoms with Crippen molar-refractivity contribution in [2.75, 3.05) is 6.54 Å². The maximum Gasteiger partial charge on any atom is 0.241 e. The number of carbonyl (C=O) groups excluding carboxylic acids is 2. The lowest BCUT2D eigenvalue weighted by atomic mass is 10.0. The van der Waals surface area contributed by atoms with Crippen molar-refractivity contribution in [2.24, 2.45) is 5.73 Å².